The minimum absolute atomic E-state index is 0.254. The summed E-state index contributed by atoms with van der Waals surface area (Å²) in [5, 5.41) is 3.66. The highest BCUT2D eigenvalue weighted by atomic mass is 32.1. The second-order valence-corrected chi connectivity index (χ2v) is 7.01. The Hall–Kier alpha value is -3.32. The summed E-state index contributed by atoms with van der Waals surface area (Å²) in [7, 11) is 3.04. The molecule has 0 bridgehead atoms. The largest absolute Gasteiger partial charge is 0.493 e. The van der Waals surface area contributed by atoms with Crippen LogP contribution < -0.4 is 14.8 Å². The zero-order valence-electron chi connectivity index (χ0n) is 15.4. The van der Waals surface area contributed by atoms with Crippen LogP contribution in [-0.4, -0.2) is 25.1 Å². The van der Waals surface area contributed by atoms with E-state index in [-0.39, 0.29) is 12.5 Å². The van der Waals surface area contributed by atoms with Crippen LogP contribution in [0.4, 0.5) is 0 Å². The number of methoxy groups -OCH3 is 2. The molecule has 0 aliphatic carbocycles. The molecule has 4 aromatic rings. The minimum atomic E-state index is -0.270. The van der Waals surface area contributed by atoms with E-state index in [1.807, 2.05) is 36.4 Å². The number of para-hydroxylation sites is 2. The topological polar surface area (TPSA) is 73.6 Å². The summed E-state index contributed by atoms with van der Waals surface area (Å²) < 4.78 is 17.5. The third-order valence-electron chi connectivity index (χ3n) is 4.24. The van der Waals surface area contributed by atoms with E-state index in [9.17, 15) is 4.79 Å². The normalized spacial score (nSPS) is 10.8. The number of thiazole rings is 1. The van der Waals surface area contributed by atoms with Gasteiger partial charge in [0.15, 0.2) is 22.3 Å². The van der Waals surface area contributed by atoms with Crippen LogP contribution in [0.3, 0.4) is 0 Å². The monoisotopic (exact) mass is 394 g/mol. The number of aromatic nitrogens is 1. The Morgan fingerprint density at radius 2 is 1.93 bits per heavy atom. The molecule has 7 heteroatoms. The molecule has 0 aliphatic heterocycles. The predicted octanol–water partition coefficient (Wildman–Crippen LogP) is 4.50. The average molecular weight is 394 g/mol. The highest BCUT2D eigenvalue weighted by Crippen LogP contribution is 2.32. The zero-order valence-corrected chi connectivity index (χ0v) is 16.2. The number of nitrogens with zero attached hydrogens (tertiary/aromatic N) is 1. The molecule has 0 aliphatic rings. The lowest BCUT2D eigenvalue weighted by Crippen LogP contribution is -2.23. The molecule has 0 radical (unpaired) electrons. The quantitative estimate of drug-likeness (QED) is 0.521. The standard InChI is InChI=1S/C21H18N2O4S/c1-25-16-8-5-6-14(19(16)26-2)20(24)22-12-13-10-11-17(27-13)21-23-15-7-3-4-9-18(15)28-21/h3-11H,12H2,1-2H3,(H,22,24). The zero-order chi connectivity index (χ0) is 19.5. The highest BCUT2D eigenvalue weighted by molar-refractivity contribution is 7.21. The first-order chi connectivity index (χ1) is 13.7. The number of hydrogen-bond donors (Lipinski definition) is 1. The van der Waals surface area contributed by atoms with E-state index in [0.29, 0.717) is 28.6 Å². The van der Waals surface area contributed by atoms with Gasteiger partial charge in [-0.15, -0.1) is 11.3 Å². The number of amides is 1. The van der Waals surface area contributed by atoms with Gasteiger partial charge in [0.05, 0.1) is 36.5 Å². The fourth-order valence-electron chi connectivity index (χ4n) is 2.89. The molecule has 2 aromatic carbocycles. The van der Waals surface area contributed by atoms with Gasteiger partial charge in [-0.2, -0.15) is 0 Å². The van der Waals surface area contributed by atoms with Gasteiger partial charge in [-0.3, -0.25) is 4.79 Å². The number of carbonyl (C=O) groups is 1. The maximum Gasteiger partial charge on any atom is 0.255 e. The van der Waals surface area contributed by atoms with E-state index >= 15 is 0 Å². The lowest BCUT2D eigenvalue weighted by atomic mass is 10.1. The van der Waals surface area contributed by atoms with Crippen molar-refractivity contribution in [1.82, 2.24) is 10.3 Å². The molecule has 4 rings (SSSR count). The Morgan fingerprint density at radius 3 is 2.71 bits per heavy atom. The van der Waals surface area contributed by atoms with Gasteiger partial charge in [-0.1, -0.05) is 18.2 Å². The van der Waals surface area contributed by atoms with Crippen LogP contribution in [0.5, 0.6) is 11.5 Å². The van der Waals surface area contributed by atoms with Gasteiger partial charge >= 0.3 is 0 Å². The number of rotatable bonds is 6. The first-order valence-electron chi connectivity index (χ1n) is 8.63. The van der Waals surface area contributed by atoms with Crippen molar-refractivity contribution in [2.24, 2.45) is 0 Å². The molecule has 6 nitrogen and oxygen atoms in total. The summed E-state index contributed by atoms with van der Waals surface area (Å²) in [5.74, 6) is 1.96. The van der Waals surface area contributed by atoms with Gasteiger partial charge in [-0.25, -0.2) is 4.98 Å². The van der Waals surface area contributed by atoms with Gasteiger partial charge in [0, 0.05) is 0 Å². The van der Waals surface area contributed by atoms with E-state index in [1.165, 1.54) is 14.2 Å². The third kappa shape index (κ3) is 3.44. The first kappa shape index (κ1) is 18.1. The Labute approximate surface area is 165 Å². The summed E-state index contributed by atoms with van der Waals surface area (Å²) in [6.45, 7) is 0.254. The van der Waals surface area contributed by atoms with Crippen LogP contribution >= 0.6 is 11.3 Å². The average Bonchev–Trinajstić information content (AvgIpc) is 3.37. The van der Waals surface area contributed by atoms with E-state index in [0.717, 1.165) is 15.2 Å². The van der Waals surface area contributed by atoms with E-state index in [2.05, 4.69) is 10.3 Å². The molecular formula is C21H18N2O4S. The fourth-order valence-corrected chi connectivity index (χ4v) is 3.82. The SMILES string of the molecule is COc1cccc(C(=O)NCc2ccc(-c3nc4ccccc4s3)o2)c1OC. The number of carbonyl (C=O) groups excluding carboxylic acids is 1. The summed E-state index contributed by atoms with van der Waals surface area (Å²) >= 11 is 1.57. The van der Waals surface area contributed by atoms with Crippen molar-refractivity contribution < 1.29 is 18.7 Å². The lowest BCUT2D eigenvalue weighted by Gasteiger charge is -2.12. The van der Waals surface area contributed by atoms with Gasteiger partial charge in [0.1, 0.15) is 5.76 Å². The molecule has 0 saturated carbocycles. The minimum Gasteiger partial charge on any atom is -0.493 e. The molecule has 0 atom stereocenters. The van der Waals surface area contributed by atoms with Gasteiger partial charge in [0.25, 0.3) is 5.91 Å². The van der Waals surface area contributed by atoms with Crippen molar-refractivity contribution >= 4 is 27.5 Å². The molecule has 2 aromatic heterocycles. The van der Waals surface area contributed by atoms with Crippen LogP contribution in [0, 0.1) is 0 Å². The van der Waals surface area contributed by atoms with E-state index < -0.39 is 0 Å². The highest BCUT2D eigenvalue weighted by Gasteiger charge is 2.17. The molecule has 142 valence electrons. The van der Waals surface area contributed by atoms with Gasteiger partial charge < -0.3 is 19.2 Å². The maximum atomic E-state index is 12.6. The molecule has 0 fully saturated rings. The Kier molecular flexibility index (Phi) is 4.99. The molecule has 0 unspecified atom stereocenters. The van der Waals surface area contributed by atoms with Crippen LogP contribution in [0.25, 0.3) is 21.0 Å². The van der Waals surface area contributed by atoms with Crippen molar-refractivity contribution in [3.8, 4) is 22.3 Å². The third-order valence-corrected chi connectivity index (χ3v) is 5.29. The Morgan fingerprint density at radius 1 is 1.07 bits per heavy atom. The Balaban J connectivity index is 1.48. The summed E-state index contributed by atoms with van der Waals surface area (Å²) in [6, 6.07) is 16.8. The number of furan rings is 1. The molecule has 2 heterocycles. The lowest BCUT2D eigenvalue weighted by molar-refractivity contribution is 0.0944. The predicted molar refractivity (Wildman–Crippen MR) is 108 cm³/mol. The summed E-state index contributed by atoms with van der Waals surface area (Å²) in [6.07, 6.45) is 0. The fraction of sp³-hybridized carbons (Fsp3) is 0.143. The molecule has 1 amide bonds. The maximum absolute atomic E-state index is 12.6. The van der Waals surface area contributed by atoms with Crippen molar-refractivity contribution in [3.63, 3.8) is 0 Å². The van der Waals surface area contributed by atoms with Crippen LogP contribution in [0.2, 0.25) is 0 Å². The smallest absolute Gasteiger partial charge is 0.255 e. The molecular weight excluding hydrogens is 376 g/mol. The Bertz CT molecular complexity index is 1100. The molecule has 1 N–H and O–H groups in total. The number of ether oxygens (including phenoxy) is 2. The summed E-state index contributed by atoms with van der Waals surface area (Å²) in [4.78, 5) is 17.1. The van der Waals surface area contributed by atoms with E-state index in [1.54, 1.807) is 29.5 Å². The van der Waals surface area contributed by atoms with Crippen molar-refractivity contribution in [3.05, 3.63) is 65.9 Å². The van der Waals surface area contributed by atoms with Gasteiger partial charge in [0.2, 0.25) is 0 Å². The molecule has 28 heavy (non-hydrogen) atoms. The van der Waals surface area contributed by atoms with Crippen molar-refractivity contribution in [2.75, 3.05) is 14.2 Å². The molecule has 0 spiro atoms. The second-order valence-electron chi connectivity index (χ2n) is 5.98. The molecule has 0 saturated heterocycles. The first-order valence-corrected chi connectivity index (χ1v) is 9.45. The number of fused-ring (bicyclic) bond motifs is 1. The van der Waals surface area contributed by atoms with Crippen molar-refractivity contribution in [1.29, 1.82) is 0 Å². The number of nitrogens with one attached hydrogen (secondary N) is 1. The van der Waals surface area contributed by atoms with Crippen LogP contribution in [0.15, 0.2) is 59.0 Å². The number of benzene rings is 2. The van der Waals surface area contributed by atoms with E-state index in [4.69, 9.17) is 13.9 Å². The van der Waals surface area contributed by atoms with Crippen LogP contribution in [-0.2, 0) is 6.54 Å². The second kappa shape index (κ2) is 7.74. The van der Waals surface area contributed by atoms with Crippen molar-refractivity contribution in [2.45, 2.75) is 6.54 Å². The van der Waals surface area contributed by atoms with Gasteiger partial charge in [-0.05, 0) is 36.4 Å². The number of hydrogen-bond acceptors (Lipinski definition) is 6. The summed E-state index contributed by atoms with van der Waals surface area (Å²) in [5.41, 5.74) is 1.35. The van der Waals surface area contributed by atoms with Crippen LogP contribution in [0.1, 0.15) is 16.1 Å².